The summed E-state index contributed by atoms with van der Waals surface area (Å²) in [6.07, 6.45) is 0.973. The molecule has 0 bridgehead atoms. The van der Waals surface area contributed by atoms with Gasteiger partial charge in [0.1, 0.15) is 0 Å². The van der Waals surface area contributed by atoms with Gasteiger partial charge in [-0.15, -0.1) is 12.6 Å². The number of carboxylic acids is 1. The fourth-order valence-electron chi connectivity index (χ4n) is 1.64. The van der Waals surface area contributed by atoms with Crippen molar-refractivity contribution in [2.24, 2.45) is 5.73 Å². The Kier molecular flexibility index (Phi) is 6.84. The van der Waals surface area contributed by atoms with Crippen LogP contribution in [0.2, 0.25) is 0 Å². The van der Waals surface area contributed by atoms with E-state index >= 15 is 0 Å². The summed E-state index contributed by atoms with van der Waals surface area (Å²) >= 11 is 3.96. The fraction of sp³-hybridized carbons (Fsp3) is 0.188. The Bertz CT molecular complexity index is 541. The van der Waals surface area contributed by atoms with Gasteiger partial charge in [0.15, 0.2) is 0 Å². The summed E-state index contributed by atoms with van der Waals surface area (Å²) < 4.78 is 0. The average Bonchev–Trinajstić information content (AvgIpc) is 2.40. The molecule has 0 aliphatic carbocycles. The summed E-state index contributed by atoms with van der Waals surface area (Å²) in [5.74, 6) is -0.939. The Morgan fingerprint density at radius 2 is 1.70 bits per heavy atom. The van der Waals surface area contributed by atoms with E-state index in [1.54, 1.807) is 18.2 Å². The van der Waals surface area contributed by atoms with Crippen molar-refractivity contribution in [1.29, 1.82) is 0 Å². The van der Waals surface area contributed by atoms with Gasteiger partial charge in [0, 0.05) is 10.9 Å². The number of hydrogen-bond donors (Lipinski definition) is 3. The zero-order valence-corrected chi connectivity index (χ0v) is 12.3. The van der Waals surface area contributed by atoms with E-state index in [0.29, 0.717) is 4.90 Å². The van der Waals surface area contributed by atoms with Crippen LogP contribution in [0.25, 0.3) is 0 Å². The second-order valence-corrected chi connectivity index (χ2v) is 4.97. The summed E-state index contributed by atoms with van der Waals surface area (Å²) in [6, 6.07) is 17.1. The van der Waals surface area contributed by atoms with Crippen LogP contribution in [-0.2, 0) is 6.42 Å². The van der Waals surface area contributed by atoms with E-state index in [-0.39, 0.29) is 11.6 Å². The maximum atomic E-state index is 10.4. The lowest BCUT2D eigenvalue weighted by Gasteiger charge is -2.02. The highest BCUT2D eigenvalue weighted by molar-refractivity contribution is 7.80. The van der Waals surface area contributed by atoms with Gasteiger partial charge in [0.25, 0.3) is 0 Å². The molecule has 1 atom stereocenters. The van der Waals surface area contributed by atoms with Gasteiger partial charge >= 0.3 is 5.97 Å². The normalized spacial score (nSPS) is 11.2. The molecule has 0 spiro atoms. The Labute approximate surface area is 124 Å². The van der Waals surface area contributed by atoms with E-state index < -0.39 is 5.97 Å². The van der Waals surface area contributed by atoms with Crippen LogP contribution >= 0.6 is 12.6 Å². The molecule has 2 aromatic carbocycles. The highest BCUT2D eigenvalue weighted by Gasteiger charge is 2.03. The van der Waals surface area contributed by atoms with E-state index in [9.17, 15) is 4.79 Å². The van der Waals surface area contributed by atoms with E-state index in [0.717, 1.165) is 6.42 Å². The molecule has 0 heterocycles. The smallest absolute Gasteiger partial charge is 0.336 e. The number of hydrogen-bond acceptors (Lipinski definition) is 3. The lowest BCUT2D eigenvalue weighted by atomic mass is 10.1. The Balaban J connectivity index is 0.000000200. The van der Waals surface area contributed by atoms with Crippen LogP contribution in [0.15, 0.2) is 59.5 Å². The van der Waals surface area contributed by atoms with Gasteiger partial charge in [-0.05, 0) is 31.0 Å². The van der Waals surface area contributed by atoms with Crippen molar-refractivity contribution in [2.45, 2.75) is 24.3 Å². The average molecular weight is 289 g/mol. The monoisotopic (exact) mass is 289 g/mol. The third-order valence-electron chi connectivity index (χ3n) is 2.53. The van der Waals surface area contributed by atoms with Crippen molar-refractivity contribution in [3.8, 4) is 0 Å². The molecule has 0 radical (unpaired) electrons. The van der Waals surface area contributed by atoms with Crippen molar-refractivity contribution in [3.05, 3.63) is 65.7 Å². The minimum atomic E-state index is -0.939. The number of carbonyl (C=O) groups is 1. The van der Waals surface area contributed by atoms with E-state index in [4.69, 9.17) is 10.8 Å². The highest BCUT2D eigenvalue weighted by Crippen LogP contribution is 2.11. The van der Waals surface area contributed by atoms with Crippen LogP contribution in [0.3, 0.4) is 0 Å². The number of carboxylic acid groups (broad SMARTS) is 1. The van der Waals surface area contributed by atoms with Gasteiger partial charge in [0.05, 0.1) is 5.56 Å². The number of aromatic carboxylic acids is 1. The van der Waals surface area contributed by atoms with Gasteiger partial charge in [0.2, 0.25) is 0 Å². The zero-order valence-electron chi connectivity index (χ0n) is 11.4. The minimum Gasteiger partial charge on any atom is -0.478 e. The van der Waals surface area contributed by atoms with Gasteiger partial charge in [-0.1, -0.05) is 42.5 Å². The standard InChI is InChI=1S/C9H13N.C7H6O2S/c1-8(10)7-9-5-3-2-4-6-9;8-7(9)5-3-1-2-4-6(5)10/h2-6,8H,7,10H2,1H3;1-4,10H,(H,8,9). The van der Waals surface area contributed by atoms with Crippen molar-refractivity contribution in [3.63, 3.8) is 0 Å². The lowest BCUT2D eigenvalue weighted by molar-refractivity contribution is 0.0693. The largest absolute Gasteiger partial charge is 0.478 e. The molecule has 0 aromatic heterocycles. The number of thiol groups is 1. The van der Waals surface area contributed by atoms with Gasteiger partial charge in [-0.25, -0.2) is 4.79 Å². The molecular formula is C16H19NO2S. The van der Waals surface area contributed by atoms with E-state index in [1.807, 2.05) is 25.1 Å². The topological polar surface area (TPSA) is 63.3 Å². The highest BCUT2D eigenvalue weighted by atomic mass is 32.1. The molecule has 0 aliphatic heterocycles. The van der Waals surface area contributed by atoms with Crippen molar-refractivity contribution >= 4 is 18.6 Å². The van der Waals surface area contributed by atoms with Crippen LogP contribution in [0.5, 0.6) is 0 Å². The summed E-state index contributed by atoms with van der Waals surface area (Å²) in [7, 11) is 0. The number of rotatable bonds is 3. The van der Waals surface area contributed by atoms with Gasteiger partial charge in [-0.3, -0.25) is 0 Å². The second-order valence-electron chi connectivity index (χ2n) is 4.49. The predicted molar refractivity (Wildman–Crippen MR) is 84.4 cm³/mol. The van der Waals surface area contributed by atoms with Crippen molar-refractivity contribution in [2.75, 3.05) is 0 Å². The molecule has 3 nitrogen and oxygen atoms in total. The Hall–Kier alpha value is -1.78. The Morgan fingerprint density at radius 1 is 1.15 bits per heavy atom. The number of nitrogens with two attached hydrogens (primary N) is 1. The molecule has 4 heteroatoms. The summed E-state index contributed by atoms with van der Waals surface area (Å²) in [4.78, 5) is 10.9. The molecule has 0 saturated heterocycles. The van der Waals surface area contributed by atoms with Crippen LogP contribution in [0.1, 0.15) is 22.8 Å². The van der Waals surface area contributed by atoms with Crippen molar-refractivity contribution < 1.29 is 9.90 Å². The molecule has 106 valence electrons. The first kappa shape index (κ1) is 16.3. The number of benzene rings is 2. The molecule has 0 aliphatic rings. The molecule has 1 unspecified atom stereocenters. The molecule has 2 aromatic rings. The lowest BCUT2D eigenvalue weighted by Crippen LogP contribution is -2.17. The van der Waals surface area contributed by atoms with Crippen LogP contribution in [-0.4, -0.2) is 17.1 Å². The minimum absolute atomic E-state index is 0.242. The van der Waals surface area contributed by atoms with E-state index in [1.165, 1.54) is 11.6 Å². The van der Waals surface area contributed by atoms with Crippen LogP contribution < -0.4 is 5.73 Å². The maximum Gasteiger partial charge on any atom is 0.336 e. The first-order valence-corrected chi connectivity index (χ1v) is 6.76. The zero-order chi connectivity index (χ0) is 15.0. The van der Waals surface area contributed by atoms with Crippen LogP contribution in [0, 0.1) is 0 Å². The molecular weight excluding hydrogens is 270 g/mol. The van der Waals surface area contributed by atoms with E-state index in [2.05, 4.69) is 24.8 Å². The Morgan fingerprint density at radius 3 is 2.15 bits per heavy atom. The molecule has 0 fully saturated rings. The molecule has 0 amide bonds. The SMILES string of the molecule is CC(N)Cc1ccccc1.O=C(O)c1ccccc1S. The molecule has 20 heavy (non-hydrogen) atoms. The van der Waals surface area contributed by atoms with Crippen molar-refractivity contribution in [1.82, 2.24) is 0 Å². The fourth-order valence-corrected chi connectivity index (χ4v) is 1.90. The second kappa shape index (κ2) is 8.40. The predicted octanol–water partition coefficient (Wildman–Crippen LogP) is 3.25. The van der Waals surface area contributed by atoms with Gasteiger partial charge < -0.3 is 10.8 Å². The third kappa shape index (κ3) is 5.91. The summed E-state index contributed by atoms with van der Waals surface area (Å²) in [5, 5.41) is 8.52. The van der Waals surface area contributed by atoms with Crippen LogP contribution in [0.4, 0.5) is 0 Å². The quantitative estimate of drug-likeness (QED) is 0.760. The molecule has 3 N–H and O–H groups in total. The molecule has 2 rings (SSSR count). The molecule has 0 saturated carbocycles. The first-order chi connectivity index (χ1) is 9.50. The van der Waals surface area contributed by atoms with Gasteiger partial charge in [-0.2, -0.15) is 0 Å². The first-order valence-electron chi connectivity index (χ1n) is 6.31. The summed E-state index contributed by atoms with van der Waals surface area (Å²) in [6.45, 7) is 2.02. The maximum absolute atomic E-state index is 10.4. The summed E-state index contributed by atoms with van der Waals surface area (Å²) in [5.41, 5.74) is 7.18. The third-order valence-corrected chi connectivity index (χ3v) is 2.92.